The van der Waals surface area contributed by atoms with E-state index >= 15 is 0 Å². The van der Waals surface area contributed by atoms with E-state index in [9.17, 15) is 4.79 Å². The average Bonchev–Trinajstić information content (AvgIpc) is 2.90. The third-order valence-corrected chi connectivity index (χ3v) is 6.94. The number of halogens is 1. The smallest absolute Gasteiger partial charge is 0.270 e. The molecule has 0 spiro atoms. The van der Waals surface area contributed by atoms with Gasteiger partial charge in [0.1, 0.15) is 5.69 Å². The van der Waals surface area contributed by atoms with Crippen molar-refractivity contribution >= 4 is 49.9 Å². The zero-order valence-corrected chi connectivity index (χ0v) is 15.4. The highest BCUT2D eigenvalue weighted by Gasteiger charge is 2.40. The van der Waals surface area contributed by atoms with E-state index in [1.54, 1.807) is 11.3 Å². The van der Waals surface area contributed by atoms with Gasteiger partial charge in [0.2, 0.25) is 0 Å². The maximum absolute atomic E-state index is 12.6. The van der Waals surface area contributed by atoms with Crippen molar-refractivity contribution in [2.24, 2.45) is 5.92 Å². The Morgan fingerprint density at radius 2 is 2.18 bits per heavy atom. The molecule has 116 valence electrons. The van der Waals surface area contributed by atoms with Crippen LogP contribution in [0.1, 0.15) is 30.3 Å². The summed E-state index contributed by atoms with van der Waals surface area (Å²) in [5.74, 6) is 0.589. The molecule has 5 heterocycles. The molecule has 0 saturated carbocycles. The Bertz CT molecular complexity index is 721. The molecule has 2 bridgehead atoms. The minimum atomic E-state index is -0.0316. The van der Waals surface area contributed by atoms with Gasteiger partial charge in [0.05, 0.1) is 2.88 Å². The van der Waals surface area contributed by atoms with Gasteiger partial charge in [-0.05, 0) is 73.5 Å². The van der Waals surface area contributed by atoms with E-state index in [-0.39, 0.29) is 11.9 Å². The number of hydrogen-bond donors (Lipinski definition) is 1. The predicted octanol–water partition coefficient (Wildman–Crippen LogP) is 3.11. The van der Waals surface area contributed by atoms with Gasteiger partial charge in [-0.15, -0.1) is 11.3 Å². The first-order valence-electron chi connectivity index (χ1n) is 7.72. The highest BCUT2D eigenvalue weighted by atomic mass is 127. The van der Waals surface area contributed by atoms with Crippen LogP contribution in [0.15, 0.2) is 18.3 Å². The summed E-state index contributed by atoms with van der Waals surface area (Å²) in [6, 6.07) is 4.72. The van der Waals surface area contributed by atoms with Crippen molar-refractivity contribution in [3.8, 4) is 0 Å². The summed E-state index contributed by atoms with van der Waals surface area (Å²) in [5, 5.41) is 4.36. The Balaban J connectivity index is 1.55. The fraction of sp³-hybridized carbons (Fsp3) is 0.500. The van der Waals surface area contributed by atoms with Gasteiger partial charge in [-0.1, -0.05) is 0 Å². The van der Waals surface area contributed by atoms with Gasteiger partial charge in [-0.25, -0.2) is 0 Å². The van der Waals surface area contributed by atoms with E-state index in [4.69, 9.17) is 0 Å². The van der Waals surface area contributed by atoms with Crippen LogP contribution in [0.3, 0.4) is 0 Å². The Morgan fingerprint density at radius 1 is 1.41 bits per heavy atom. The molecule has 1 amide bonds. The first kappa shape index (κ1) is 14.8. The molecule has 2 aromatic heterocycles. The third kappa shape index (κ3) is 2.55. The van der Waals surface area contributed by atoms with Crippen LogP contribution in [0.5, 0.6) is 0 Å². The van der Waals surface area contributed by atoms with Gasteiger partial charge in [0.25, 0.3) is 5.91 Å². The van der Waals surface area contributed by atoms with Gasteiger partial charge in [0, 0.05) is 28.4 Å². The van der Waals surface area contributed by atoms with Crippen molar-refractivity contribution in [2.75, 3.05) is 13.1 Å². The number of carbonyl (C=O) groups is 1. The summed E-state index contributed by atoms with van der Waals surface area (Å²) in [5.41, 5.74) is 0.536. The highest BCUT2D eigenvalue weighted by Crippen LogP contribution is 2.32. The van der Waals surface area contributed by atoms with E-state index in [0.717, 1.165) is 10.1 Å². The standard InChI is InChI=1S/C16H18IN3OS/c1-9-15(10-2-4-20(9)5-3-10)19-16(21)12-7-13-11(8-18-12)6-14(17)22-13/h6-10,15H,2-5H2,1H3,(H,19,21)/t9-,15-/m0/s1. The molecule has 0 unspecified atom stereocenters. The van der Waals surface area contributed by atoms with Crippen LogP contribution in [0.2, 0.25) is 0 Å². The SMILES string of the molecule is C[C@H]1[C@H](NC(=O)c2cc3sc(I)cc3cn2)C2CCN1CC2. The van der Waals surface area contributed by atoms with Crippen LogP contribution >= 0.6 is 33.9 Å². The number of nitrogens with one attached hydrogen (secondary N) is 1. The quantitative estimate of drug-likeness (QED) is 0.750. The monoisotopic (exact) mass is 427 g/mol. The molecule has 3 aliphatic heterocycles. The van der Waals surface area contributed by atoms with Crippen molar-refractivity contribution in [1.82, 2.24) is 15.2 Å². The number of aromatic nitrogens is 1. The van der Waals surface area contributed by atoms with Crippen molar-refractivity contribution in [1.29, 1.82) is 0 Å². The van der Waals surface area contributed by atoms with E-state index in [0.29, 0.717) is 17.7 Å². The summed E-state index contributed by atoms with van der Waals surface area (Å²) in [6.07, 6.45) is 4.21. The van der Waals surface area contributed by atoms with Crippen LogP contribution in [0.25, 0.3) is 10.1 Å². The van der Waals surface area contributed by atoms with Crippen LogP contribution in [-0.2, 0) is 0 Å². The second-order valence-corrected chi connectivity index (χ2v) is 9.25. The molecule has 3 fully saturated rings. The lowest BCUT2D eigenvalue weighted by Crippen LogP contribution is -2.62. The molecule has 4 nitrogen and oxygen atoms in total. The topological polar surface area (TPSA) is 45.2 Å². The number of hydrogen-bond acceptors (Lipinski definition) is 4. The largest absolute Gasteiger partial charge is 0.346 e. The van der Waals surface area contributed by atoms with Crippen LogP contribution in [0, 0.1) is 8.80 Å². The van der Waals surface area contributed by atoms with Crippen LogP contribution in [-0.4, -0.2) is 41.0 Å². The fourth-order valence-electron chi connectivity index (χ4n) is 3.80. The number of fused-ring (bicyclic) bond motifs is 4. The maximum Gasteiger partial charge on any atom is 0.270 e. The number of amides is 1. The molecular weight excluding hydrogens is 409 g/mol. The second-order valence-electron chi connectivity index (χ2n) is 6.27. The summed E-state index contributed by atoms with van der Waals surface area (Å²) < 4.78 is 2.35. The molecular formula is C16H18IN3OS. The van der Waals surface area contributed by atoms with Crippen LogP contribution in [0.4, 0.5) is 0 Å². The van der Waals surface area contributed by atoms with Crippen molar-refractivity contribution in [2.45, 2.75) is 31.8 Å². The highest BCUT2D eigenvalue weighted by molar-refractivity contribution is 14.1. The summed E-state index contributed by atoms with van der Waals surface area (Å²) in [7, 11) is 0. The summed E-state index contributed by atoms with van der Waals surface area (Å²) in [4.78, 5) is 19.4. The number of piperidine rings is 3. The molecule has 22 heavy (non-hydrogen) atoms. The van der Waals surface area contributed by atoms with Gasteiger partial charge >= 0.3 is 0 Å². The lowest BCUT2D eigenvalue weighted by atomic mass is 9.79. The van der Waals surface area contributed by atoms with Gasteiger partial charge in [-0.3, -0.25) is 14.7 Å². The molecule has 0 radical (unpaired) electrons. The molecule has 0 aromatic carbocycles. The zero-order chi connectivity index (χ0) is 15.3. The lowest BCUT2D eigenvalue weighted by molar-refractivity contribution is 0.0216. The first-order valence-corrected chi connectivity index (χ1v) is 9.61. The van der Waals surface area contributed by atoms with E-state index < -0.39 is 0 Å². The Kier molecular flexibility index (Phi) is 3.86. The first-order chi connectivity index (χ1) is 10.6. The molecule has 2 atom stereocenters. The van der Waals surface area contributed by atoms with E-state index in [1.807, 2.05) is 12.3 Å². The molecule has 1 N–H and O–H groups in total. The Labute approximate surface area is 147 Å². The lowest BCUT2D eigenvalue weighted by Gasteiger charge is -2.49. The van der Waals surface area contributed by atoms with Crippen molar-refractivity contribution < 1.29 is 4.79 Å². The summed E-state index contributed by atoms with van der Waals surface area (Å²) >= 11 is 4.01. The predicted molar refractivity (Wildman–Crippen MR) is 97.4 cm³/mol. The second kappa shape index (κ2) is 5.72. The fourth-order valence-corrected chi connectivity index (χ4v) is 5.64. The molecule has 0 aliphatic carbocycles. The number of carbonyl (C=O) groups excluding carboxylic acids is 1. The minimum absolute atomic E-state index is 0.0316. The van der Waals surface area contributed by atoms with E-state index in [2.05, 4.69) is 50.8 Å². The number of nitrogens with zero attached hydrogens (tertiary/aromatic N) is 2. The Hall–Kier alpha value is -0.730. The third-order valence-electron chi connectivity index (χ3n) is 5.08. The number of pyridine rings is 1. The maximum atomic E-state index is 12.6. The average molecular weight is 427 g/mol. The van der Waals surface area contributed by atoms with Gasteiger partial charge in [0.15, 0.2) is 0 Å². The number of rotatable bonds is 2. The molecule has 3 saturated heterocycles. The minimum Gasteiger partial charge on any atom is -0.346 e. The summed E-state index contributed by atoms with van der Waals surface area (Å²) in [6.45, 7) is 4.58. The zero-order valence-electron chi connectivity index (χ0n) is 12.4. The van der Waals surface area contributed by atoms with Crippen LogP contribution < -0.4 is 5.32 Å². The molecule has 5 rings (SSSR count). The normalized spacial score (nSPS) is 30.6. The van der Waals surface area contributed by atoms with Crippen molar-refractivity contribution in [3.05, 3.63) is 26.9 Å². The Morgan fingerprint density at radius 3 is 2.91 bits per heavy atom. The van der Waals surface area contributed by atoms with Crippen molar-refractivity contribution in [3.63, 3.8) is 0 Å². The van der Waals surface area contributed by atoms with E-state index in [1.165, 1.54) is 28.8 Å². The molecule has 3 aliphatic rings. The molecule has 6 heteroatoms. The molecule has 2 aromatic rings. The number of thiophene rings is 1. The van der Waals surface area contributed by atoms with Gasteiger partial charge in [-0.2, -0.15) is 0 Å². The van der Waals surface area contributed by atoms with Gasteiger partial charge < -0.3 is 5.32 Å².